The zero-order chi connectivity index (χ0) is 21.7. The van der Waals surface area contributed by atoms with Crippen LogP contribution in [-0.2, 0) is 12.8 Å². The summed E-state index contributed by atoms with van der Waals surface area (Å²) in [5.41, 5.74) is 3.83. The molecule has 1 saturated carbocycles. The van der Waals surface area contributed by atoms with Crippen LogP contribution in [0.1, 0.15) is 60.3 Å². The van der Waals surface area contributed by atoms with Gasteiger partial charge >= 0.3 is 0 Å². The number of ether oxygens (including phenoxy) is 2. The Morgan fingerprint density at radius 1 is 0.969 bits per heavy atom. The molecule has 6 rings (SSSR count). The number of nitrogens with zero attached hydrogens (tertiary/aromatic N) is 2. The zero-order valence-electron chi connectivity index (χ0n) is 17.7. The van der Waals surface area contributed by atoms with Crippen LogP contribution in [-0.4, -0.2) is 21.5 Å². The fraction of sp³-hybridized carbons (Fsp3) is 0.360. The van der Waals surface area contributed by atoms with Crippen LogP contribution in [0.3, 0.4) is 0 Å². The van der Waals surface area contributed by atoms with Gasteiger partial charge in [-0.2, -0.15) is 5.10 Å². The maximum absolute atomic E-state index is 13.4. The Kier molecular flexibility index (Phi) is 4.45. The molecule has 2 aliphatic carbocycles. The highest BCUT2D eigenvalue weighted by molar-refractivity contribution is 6.04. The van der Waals surface area contributed by atoms with Crippen LogP contribution in [0.25, 0.3) is 5.69 Å². The number of benzene rings is 2. The van der Waals surface area contributed by atoms with Crippen molar-refractivity contribution in [3.63, 3.8) is 0 Å². The van der Waals surface area contributed by atoms with Gasteiger partial charge in [-0.1, -0.05) is 0 Å². The molecule has 0 radical (unpaired) electrons. The summed E-state index contributed by atoms with van der Waals surface area (Å²) in [5, 5.41) is 7.63. The summed E-state index contributed by atoms with van der Waals surface area (Å²) < 4.78 is 27.4. The lowest BCUT2D eigenvalue weighted by atomic mass is 9.95. The lowest BCUT2D eigenvalue weighted by Gasteiger charge is -2.21. The summed E-state index contributed by atoms with van der Waals surface area (Å²) in [7, 11) is 0. The van der Waals surface area contributed by atoms with Crippen molar-refractivity contribution in [2.24, 2.45) is 0 Å². The maximum Gasteiger partial charge on any atom is 0.276 e. The van der Waals surface area contributed by atoms with E-state index in [0.717, 1.165) is 74.1 Å². The molecule has 3 aromatic rings. The molecule has 32 heavy (non-hydrogen) atoms. The van der Waals surface area contributed by atoms with Gasteiger partial charge in [0, 0.05) is 35.9 Å². The van der Waals surface area contributed by atoms with Gasteiger partial charge in [-0.3, -0.25) is 4.79 Å². The molecular weight excluding hydrogens is 409 g/mol. The third-order valence-corrected chi connectivity index (χ3v) is 6.63. The van der Waals surface area contributed by atoms with Crippen molar-refractivity contribution in [3.05, 3.63) is 65.2 Å². The molecule has 0 bridgehead atoms. The minimum absolute atomic E-state index is 0.251. The smallest absolute Gasteiger partial charge is 0.276 e. The van der Waals surface area contributed by atoms with Gasteiger partial charge in [0.15, 0.2) is 17.2 Å². The van der Waals surface area contributed by atoms with Crippen LogP contribution in [0.5, 0.6) is 11.5 Å². The second kappa shape index (κ2) is 7.36. The summed E-state index contributed by atoms with van der Waals surface area (Å²) in [5.74, 6) is 0.317. The predicted molar refractivity (Wildman–Crippen MR) is 117 cm³/mol. The fourth-order valence-electron chi connectivity index (χ4n) is 5.06. The van der Waals surface area contributed by atoms with Crippen LogP contribution in [0, 0.1) is 5.82 Å². The molecule has 0 atom stereocenters. The molecule has 7 heteroatoms. The molecule has 1 aliphatic heterocycles. The van der Waals surface area contributed by atoms with Gasteiger partial charge in [0.1, 0.15) is 5.82 Å². The number of carbonyl (C=O) groups is 1. The largest absolute Gasteiger partial charge is 0.448 e. The van der Waals surface area contributed by atoms with E-state index in [1.165, 1.54) is 12.1 Å². The van der Waals surface area contributed by atoms with Gasteiger partial charge in [-0.25, -0.2) is 9.07 Å². The van der Waals surface area contributed by atoms with Crippen molar-refractivity contribution in [3.8, 4) is 17.2 Å². The Bertz CT molecular complexity index is 1200. The molecule has 0 unspecified atom stereocenters. The summed E-state index contributed by atoms with van der Waals surface area (Å²) in [4.78, 5) is 13.2. The third kappa shape index (κ3) is 3.23. The Morgan fingerprint density at radius 2 is 1.72 bits per heavy atom. The van der Waals surface area contributed by atoms with Crippen molar-refractivity contribution in [1.82, 2.24) is 9.78 Å². The lowest BCUT2D eigenvalue weighted by molar-refractivity contribution is -0.0716. The predicted octanol–water partition coefficient (Wildman–Crippen LogP) is 5.18. The van der Waals surface area contributed by atoms with Gasteiger partial charge in [-0.15, -0.1) is 0 Å². The van der Waals surface area contributed by atoms with Crippen LogP contribution in [0.2, 0.25) is 0 Å². The Labute approximate surface area is 185 Å². The quantitative estimate of drug-likeness (QED) is 0.618. The highest BCUT2D eigenvalue weighted by atomic mass is 19.1. The van der Waals surface area contributed by atoms with Gasteiger partial charge in [0.05, 0.1) is 5.69 Å². The van der Waals surface area contributed by atoms with E-state index in [9.17, 15) is 9.18 Å². The average molecular weight is 433 g/mol. The van der Waals surface area contributed by atoms with E-state index >= 15 is 0 Å². The number of halogens is 1. The molecule has 1 spiro atoms. The summed E-state index contributed by atoms with van der Waals surface area (Å²) in [6.45, 7) is 0. The number of carbonyl (C=O) groups excluding carboxylic acids is 1. The molecule has 0 saturated heterocycles. The van der Waals surface area contributed by atoms with Crippen LogP contribution in [0.4, 0.5) is 10.1 Å². The number of fused-ring (bicyclic) bond motifs is 2. The number of rotatable bonds is 3. The maximum atomic E-state index is 13.4. The van der Waals surface area contributed by atoms with Crippen LogP contribution in [0.15, 0.2) is 42.5 Å². The van der Waals surface area contributed by atoms with Crippen LogP contribution < -0.4 is 14.8 Å². The molecule has 2 aromatic carbocycles. The van der Waals surface area contributed by atoms with Crippen molar-refractivity contribution in [2.75, 3.05) is 5.32 Å². The average Bonchev–Trinajstić information content (AvgIpc) is 3.51. The number of amides is 1. The molecule has 1 aromatic heterocycles. The van der Waals surface area contributed by atoms with E-state index in [-0.39, 0.29) is 11.7 Å². The lowest BCUT2D eigenvalue weighted by Crippen LogP contribution is -2.34. The molecule has 3 aliphatic rings. The highest BCUT2D eigenvalue weighted by Gasteiger charge is 2.44. The second-order valence-corrected chi connectivity index (χ2v) is 8.81. The molecule has 6 nitrogen and oxygen atoms in total. The van der Waals surface area contributed by atoms with Crippen molar-refractivity contribution >= 4 is 11.6 Å². The normalized spacial score (nSPS) is 18.0. The van der Waals surface area contributed by atoms with E-state index in [2.05, 4.69) is 10.4 Å². The topological polar surface area (TPSA) is 65.4 Å². The van der Waals surface area contributed by atoms with E-state index in [4.69, 9.17) is 9.47 Å². The van der Waals surface area contributed by atoms with Crippen molar-refractivity contribution < 1.29 is 18.7 Å². The number of nitrogens with one attached hydrogen (secondary N) is 1. The Balaban J connectivity index is 1.28. The minimum Gasteiger partial charge on any atom is -0.448 e. The first-order valence-corrected chi connectivity index (χ1v) is 11.3. The molecular formula is C25H24FN3O3. The van der Waals surface area contributed by atoms with Gasteiger partial charge in [0.2, 0.25) is 0 Å². The summed E-state index contributed by atoms with van der Waals surface area (Å²) >= 11 is 0. The number of hydrogen-bond acceptors (Lipinski definition) is 4. The van der Waals surface area contributed by atoms with Gasteiger partial charge in [0.25, 0.3) is 11.7 Å². The monoisotopic (exact) mass is 433 g/mol. The van der Waals surface area contributed by atoms with Crippen LogP contribution >= 0.6 is 0 Å². The summed E-state index contributed by atoms with van der Waals surface area (Å²) in [6.07, 6.45) is 7.69. The Morgan fingerprint density at radius 3 is 2.53 bits per heavy atom. The standard InChI is InChI=1S/C25H24FN3O3/c26-16-7-10-18(11-8-16)29-20-6-2-1-5-19(20)23(28-29)24(30)27-17-9-12-21-22(15-17)32-25(31-21)13-3-4-14-25/h7-12,15H,1-6,13-14H2,(H,27,30). The first-order chi connectivity index (χ1) is 15.6. The van der Waals surface area contributed by atoms with E-state index in [1.54, 1.807) is 16.8 Å². The molecule has 164 valence electrons. The molecule has 2 heterocycles. The SMILES string of the molecule is O=C(Nc1ccc2c(c1)OC1(CCCC1)O2)c1nn(-c2ccc(F)cc2)c2c1CCCC2. The van der Waals surface area contributed by atoms with E-state index in [1.807, 2.05) is 18.2 Å². The molecule has 1 N–H and O–H groups in total. The van der Waals surface area contributed by atoms with Crippen molar-refractivity contribution in [1.29, 1.82) is 0 Å². The van der Waals surface area contributed by atoms with Gasteiger partial charge < -0.3 is 14.8 Å². The summed E-state index contributed by atoms with van der Waals surface area (Å²) in [6, 6.07) is 11.7. The molecule has 1 amide bonds. The first kappa shape index (κ1) is 19.3. The number of aromatic nitrogens is 2. The van der Waals surface area contributed by atoms with E-state index < -0.39 is 5.79 Å². The third-order valence-electron chi connectivity index (χ3n) is 6.63. The minimum atomic E-state index is -0.530. The van der Waals surface area contributed by atoms with E-state index in [0.29, 0.717) is 17.1 Å². The van der Waals surface area contributed by atoms with Gasteiger partial charge in [-0.05, 0) is 74.9 Å². The molecule has 1 fully saturated rings. The number of hydrogen-bond donors (Lipinski definition) is 1. The number of anilines is 1. The second-order valence-electron chi connectivity index (χ2n) is 8.81. The Hall–Kier alpha value is -3.35. The highest BCUT2D eigenvalue weighted by Crippen LogP contribution is 2.47. The van der Waals surface area contributed by atoms with Crippen molar-refractivity contribution in [2.45, 2.75) is 57.2 Å². The first-order valence-electron chi connectivity index (χ1n) is 11.3. The zero-order valence-corrected chi connectivity index (χ0v) is 17.7. The fourth-order valence-corrected chi connectivity index (χ4v) is 5.06.